The lowest BCUT2D eigenvalue weighted by Crippen LogP contribution is -2.26. The van der Waals surface area contributed by atoms with E-state index in [2.05, 4.69) is 5.32 Å². The number of nitrogen functional groups attached to an aromatic ring is 1. The van der Waals surface area contributed by atoms with Gasteiger partial charge >= 0.3 is 0 Å². The second-order valence-electron chi connectivity index (χ2n) is 4.11. The van der Waals surface area contributed by atoms with Crippen LogP contribution in [0.1, 0.15) is 28.2 Å². The van der Waals surface area contributed by atoms with Crippen LogP contribution in [0.2, 0.25) is 9.36 Å². The van der Waals surface area contributed by atoms with Crippen molar-refractivity contribution in [3.05, 3.63) is 50.1 Å². The molecular formula is C13H12Cl2N2OS. The smallest absolute Gasteiger partial charge is 0.251 e. The SMILES string of the molecule is CC(NC(=O)c1cc(N)cc(Cl)c1)c1ccc(Cl)s1. The average molecular weight is 315 g/mol. The maximum atomic E-state index is 12.1. The van der Waals surface area contributed by atoms with E-state index in [1.165, 1.54) is 11.3 Å². The predicted octanol–water partition coefficient (Wildman–Crippen LogP) is 4.13. The second-order valence-corrected chi connectivity index (χ2v) is 6.29. The Hall–Kier alpha value is -1.23. The molecule has 2 rings (SSSR count). The first kappa shape index (κ1) is 14.2. The van der Waals surface area contributed by atoms with Crippen molar-refractivity contribution in [2.75, 3.05) is 5.73 Å². The monoisotopic (exact) mass is 314 g/mol. The van der Waals surface area contributed by atoms with Crippen LogP contribution < -0.4 is 11.1 Å². The minimum absolute atomic E-state index is 0.120. The highest BCUT2D eigenvalue weighted by molar-refractivity contribution is 7.16. The minimum atomic E-state index is -0.216. The molecule has 0 radical (unpaired) electrons. The molecule has 3 N–H and O–H groups in total. The van der Waals surface area contributed by atoms with Gasteiger partial charge in [0.1, 0.15) is 0 Å². The first-order chi connectivity index (χ1) is 8.95. The fourth-order valence-electron chi connectivity index (χ4n) is 1.66. The van der Waals surface area contributed by atoms with Crippen LogP contribution >= 0.6 is 34.5 Å². The fraction of sp³-hybridized carbons (Fsp3) is 0.154. The maximum Gasteiger partial charge on any atom is 0.251 e. The third-order valence-corrected chi connectivity index (χ3v) is 4.18. The Morgan fingerprint density at radius 3 is 2.63 bits per heavy atom. The quantitative estimate of drug-likeness (QED) is 0.837. The molecule has 0 spiro atoms. The summed E-state index contributed by atoms with van der Waals surface area (Å²) in [6.45, 7) is 1.90. The van der Waals surface area contributed by atoms with E-state index >= 15 is 0 Å². The Morgan fingerprint density at radius 1 is 1.32 bits per heavy atom. The summed E-state index contributed by atoms with van der Waals surface area (Å²) in [5.41, 5.74) is 6.57. The molecule has 2 aromatic rings. The van der Waals surface area contributed by atoms with E-state index < -0.39 is 0 Å². The molecule has 0 aliphatic carbocycles. The lowest BCUT2D eigenvalue weighted by Gasteiger charge is -2.12. The van der Waals surface area contributed by atoms with Crippen LogP contribution in [0, 0.1) is 0 Å². The molecule has 0 bridgehead atoms. The molecule has 1 amide bonds. The zero-order valence-electron chi connectivity index (χ0n) is 10.1. The van der Waals surface area contributed by atoms with Crippen LogP contribution in [-0.2, 0) is 0 Å². The van der Waals surface area contributed by atoms with Crippen molar-refractivity contribution in [2.45, 2.75) is 13.0 Å². The van der Waals surface area contributed by atoms with Crippen LogP contribution in [0.15, 0.2) is 30.3 Å². The molecule has 6 heteroatoms. The van der Waals surface area contributed by atoms with E-state index in [0.717, 1.165) is 4.88 Å². The van der Waals surface area contributed by atoms with Crippen molar-refractivity contribution in [1.29, 1.82) is 0 Å². The van der Waals surface area contributed by atoms with Gasteiger partial charge in [0.15, 0.2) is 0 Å². The van der Waals surface area contributed by atoms with Gasteiger partial charge in [-0.3, -0.25) is 4.79 Å². The first-order valence-corrected chi connectivity index (χ1v) is 7.15. The Morgan fingerprint density at radius 2 is 2.05 bits per heavy atom. The number of hydrogen-bond donors (Lipinski definition) is 2. The van der Waals surface area contributed by atoms with Gasteiger partial charge in [0, 0.05) is 21.2 Å². The van der Waals surface area contributed by atoms with Gasteiger partial charge in [-0.2, -0.15) is 0 Å². The molecule has 1 aromatic heterocycles. The molecule has 1 unspecified atom stereocenters. The van der Waals surface area contributed by atoms with Gasteiger partial charge in [-0.1, -0.05) is 23.2 Å². The summed E-state index contributed by atoms with van der Waals surface area (Å²) in [6, 6.07) is 8.36. The number of carbonyl (C=O) groups excluding carboxylic acids is 1. The molecule has 0 aliphatic rings. The first-order valence-electron chi connectivity index (χ1n) is 5.58. The summed E-state index contributed by atoms with van der Waals surface area (Å²) < 4.78 is 0.697. The van der Waals surface area contributed by atoms with Crippen LogP contribution in [0.25, 0.3) is 0 Å². The maximum absolute atomic E-state index is 12.1. The Labute approximate surface area is 125 Å². The third-order valence-electron chi connectivity index (χ3n) is 2.55. The fourth-order valence-corrected chi connectivity index (χ4v) is 2.96. The number of carbonyl (C=O) groups is 1. The molecule has 3 nitrogen and oxygen atoms in total. The summed E-state index contributed by atoms with van der Waals surface area (Å²) >= 11 is 13.2. The summed E-state index contributed by atoms with van der Waals surface area (Å²) in [6.07, 6.45) is 0. The minimum Gasteiger partial charge on any atom is -0.399 e. The van der Waals surface area contributed by atoms with Crippen LogP contribution in [0.4, 0.5) is 5.69 Å². The average Bonchev–Trinajstić information content (AvgIpc) is 2.74. The molecule has 1 aromatic carbocycles. The number of nitrogens with two attached hydrogens (primary N) is 1. The van der Waals surface area contributed by atoms with E-state index in [0.29, 0.717) is 20.6 Å². The van der Waals surface area contributed by atoms with Crippen molar-refractivity contribution in [3.8, 4) is 0 Å². The predicted molar refractivity (Wildman–Crippen MR) is 81.1 cm³/mol. The van der Waals surface area contributed by atoms with E-state index in [1.54, 1.807) is 18.2 Å². The summed E-state index contributed by atoms with van der Waals surface area (Å²) in [4.78, 5) is 13.1. The summed E-state index contributed by atoms with van der Waals surface area (Å²) in [7, 11) is 0. The number of rotatable bonds is 3. The van der Waals surface area contributed by atoms with Crippen molar-refractivity contribution in [3.63, 3.8) is 0 Å². The highest BCUT2D eigenvalue weighted by atomic mass is 35.5. The molecule has 0 saturated carbocycles. The van der Waals surface area contributed by atoms with Crippen molar-refractivity contribution in [1.82, 2.24) is 5.32 Å². The Balaban J connectivity index is 2.12. The lowest BCUT2D eigenvalue weighted by molar-refractivity contribution is 0.0940. The number of anilines is 1. The van der Waals surface area contributed by atoms with Gasteiger partial charge in [0.05, 0.1) is 10.4 Å². The standard InChI is InChI=1S/C13H12Cl2N2OS/c1-7(11-2-3-12(15)19-11)17-13(18)8-4-9(14)6-10(16)5-8/h2-7H,16H2,1H3,(H,17,18). The van der Waals surface area contributed by atoms with Gasteiger partial charge in [-0.05, 0) is 37.3 Å². The molecular weight excluding hydrogens is 303 g/mol. The number of thiophene rings is 1. The molecule has 100 valence electrons. The van der Waals surface area contributed by atoms with Crippen LogP contribution in [-0.4, -0.2) is 5.91 Å². The highest BCUT2D eigenvalue weighted by Gasteiger charge is 2.14. The van der Waals surface area contributed by atoms with Gasteiger partial charge in [-0.25, -0.2) is 0 Å². The Bertz CT molecular complexity index is 592. The number of benzene rings is 1. The molecule has 0 aliphatic heterocycles. The number of amides is 1. The number of nitrogens with one attached hydrogen (secondary N) is 1. The molecule has 0 fully saturated rings. The zero-order chi connectivity index (χ0) is 14.0. The highest BCUT2D eigenvalue weighted by Crippen LogP contribution is 2.27. The lowest BCUT2D eigenvalue weighted by atomic mass is 10.1. The van der Waals surface area contributed by atoms with Crippen LogP contribution in [0.3, 0.4) is 0 Å². The normalized spacial score (nSPS) is 12.2. The zero-order valence-corrected chi connectivity index (χ0v) is 12.4. The molecule has 19 heavy (non-hydrogen) atoms. The van der Waals surface area contributed by atoms with Gasteiger partial charge in [0.2, 0.25) is 0 Å². The van der Waals surface area contributed by atoms with E-state index in [1.807, 2.05) is 19.1 Å². The molecule has 1 heterocycles. The Kier molecular flexibility index (Phi) is 4.34. The van der Waals surface area contributed by atoms with Gasteiger partial charge in [-0.15, -0.1) is 11.3 Å². The van der Waals surface area contributed by atoms with Crippen LogP contribution in [0.5, 0.6) is 0 Å². The van der Waals surface area contributed by atoms with Crippen molar-refractivity contribution < 1.29 is 4.79 Å². The summed E-state index contributed by atoms with van der Waals surface area (Å²) in [5.74, 6) is -0.216. The van der Waals surface area contributed by atoms with E-state index in [-0.39, 0.29) is 11.9 Å². The second kappa shape index (κ2) is 5.82. The largest absolute Gasteiger partial charge is 0.399 e. The summed E-state index contributed by atoms with van der Waals surface area (Å²) in [5, 5.41) is 3.32. The number of halogens is 2. The third kappa shape index (κ3) is 3.62. The van der Waals surface area contributed by atoms with E-state index in [4.69, 9.17) is 28.9 Å². The van der Waals surface area contributed by atoms with E-state index in [9.17, 15) is 4.79 Å². The van der Waals surface area contributed by atoms with Gasteiger partial charge < -0.3 is 11.1 Å². The molecule has 0 saturated heterocycles. The van der Waals surface area contributed by atoms with Crippen molar-refractivity contribution >= 4 is 46.1 Å². The molecule has 1 atom stereocenters. The number of hydrogen-bond acceptors (Lipinski definition) is 3. The van der Waals surface area contributed by atoms with Gasteiger partial charge in [0.25, 0.3) is 5.91 Å². The van der Waals surface area contributed by atoms with Crippen molar-refractivity contribution in [2.24, 2.45) is 0 Å². The topological polar surface area (TPSA) is 55.1 Å².